The van der Waals surface area contributed by atoms with Gasteiger partial charge in [-0.15, -0.1) is 0 Å². The van der Waals surface area contributed by atoms with Crippen LogP contribution in [0.25, 0.3) is 0 Å². The molecule has 1 saturated heterocycles. The highest BCUT2D eigenvalue weighted by Crippen LogP contribution is 2.14. The zero-order chi connectivity index (χ0) is 13.0. The number of anilines is 1. The molecule has 5 heteroatoms. The Bertz CT molecular complexity index is 419. The molecular weight excluding hydrogens is 235 g/mol. The molecule has 18 heavy (non-hydrogen) atoms. The molecule has 0 bridgehead atoms. The highest BCUT2D eigenvalue weighted by Gasteiger charge is 2.22. The van der Waals surface area contributed by atoms with Gasteiger partial charge in [-0.1, -0.05) is 12.1 Å². The second-order valence-corrected chi connectivity index (χ2v) is 4.28. The zero-order valence-electron chi connectivity index (χ0n) is 10.4. The Morgan fingerprint density at radius 2 is 2.06 bits per heavy atom. The van der Waals surface area contributed by atoms with Crippen molar-refractivity contribution < 1.29 is 13.9 Å². The van der Waals surface area contributed by atoms with Gasteiger partial charge in [-0.05, 0) is 19.1 Å². The third-order valence-corrected chi connectivity index (χ3v) is 2.94. The van der Waals surface area contributed by atoms with E-state index in [-0.39, 0.29) is 11.7 Å². The van der Waals surface area contributed by atoms with Gasteiger partial charge in [-0.2, -0.15) is 0 Å². The molecule has 1 aliphatic rings. The zero-order valence-corrected chi connectivity index (χ0v) is 10.4. The minimum Gasteiger partial charge on any atom is -0.378 e. The van der Waals surface area contributed by atoms with Crippen LogP contribution in [0.3, 0.4) is 0 Å². The summed E-state index contributed by atoms with van der Waals surface area (Å²) >= 11 is 0. The van der Waals surface area contributed by atoms with Crippen LogP contribution in [-0.4, -0.2) is 43.2 Å². The predicted octanol–water partition coefficient (Wildman–Crippen LogP) is 1.48. The maximum atomic E-state index is 13.4. The van der Waals surface area contributed by atoms with Crippen LogP contribution in [-0.2, 0) is 9.53 Å². The predicted molar refractivity (Wildman–Crippen MR) is 66.9 cm³/mol. The molecule has 4 nitrogen and oxygen atoms in total. The molecule has 1 fully saturated rings. The monoisotopic (exact) mass is 252 g/mol. The Hall–Kier alpha value is -1.62. The van der Waals surface area contributed by atoms with Gasteiger partial charge in [0.05, 0.1) is 18.9 Å². The Labute approximate surface area is 106 Å². The maximum Gasteiger partial charge on any atom is 0.244 e. The van der Waals surface area contributed by atoms with Gasteiger partial charge < -0.3 is 15.0 Å². The first kappa shape index (κ1) is 12.8. The summed E-state index contributed by atoms with van der Waals surface area (Å²) in [6.45, 7) is 4.07. The van der Waals surface area contributed by atoms with E-state index in [1.807, 2.05) is 0 Å². The number of nitrogens with one attached hydrogen (secondary N) is 1. The van der Waals surface area contributed by atoms with Crippen molar-refractivity contribution in [1.82, 2.24) is 4.90 Å². The van der Waals surface area contributed by atoms with E-state index in [0.29, 0.717) is 32.0 Å². The van der Waals surface area contributed by atoms with E-state index in [4.69, 9.17) is 4.74 Å². The van der Waals surface area contributed by atoms with Gasteiger partial charge in [0.1, 0.15) is 11.9 Å². The molecule has 0 aliphatic carbocycles. The van der Waals surface area contributed by atoms with Crippen molar-refractivity contribution in [1.29, 1.82) is 0 Å². The highest BCUT2D eigenvalue weighted by atomic mass is 19.1. The quantitative estimate of drug-likeness (QED) is 0.886. The molecule has 1 unspecified atom stereocenters. The molecule has 1 aromatic rings. The first-order chi connectivity index (χ1) is 8.68. The van der Waals surface area contributed by atoms with Crippen molar-refractivity contribution in [2.75, 3.05) is 31.6 Å². The van der Waals surface area contributed by atoms with Crippen LogP contribution < -0.4 is 5.32 Å². The third-order valence-electron chi connectivity index (χ3n) is 2.94. The fourth-order valence-corrected chi connectivity index (χ4v) is 1.93. The number of carbonyl (C=O) groups is 1. The molecule has 1 aromatic carbocycles. The fourth-order valence-electron chi connectivity index (χ4n) is 1.93. The molecule has 1 amide bonds. The molecule has 2 rings (SSSR count). The topological polar surface area (TPSA) is 41.6 Å². The van der Waals surface area contributed by atoms with Crippen LogP contribution in [0.5, 0.6) is 0 Å². The first-order valence-corrected chi connectivity index (χ1v) is 6.06. The number of hydrogen-bond acceptors (Lipinski definition) is 3. The van der Waals surface area contributed by atoms with Crippen LogP contribution in [0.4, 0.5) is 10.1 Å². The molecule has 0 saturated carbocycles. The van der Waals surface area contributed by atoms with E-state index < -0.39 is 6.04 Å². The van der Waals surface area contributed by atoms with E-state index in [2.05, 4.69) is 5.32 Å². The lowest BCUT2D eigenvalue weighted by Gasteiger charge is -2.29. The van der Waals surface area contributed by atoms with Gasteiger partial charge in [0.25, 0.3) is 0 Å². The molecule has 0 aromatic heterocycles. The summed E-state index contributed by atoms with van der Waals surface area (Å²) in [7, 11) is 0. The Kier molecular flexibility index (Phi) is 4.15. The Morgan fingerprint density at radius 3 is 2.72 bits per heavy atom. The van der Waals surface area contributed by atoms with Gasteiger partial charge in [0.2, 0.25) is 5.91 Å². The molecule has 1 atom stereocenters. The van der Waals surface area contributed by atoms with Gasteiger partial charge in [-0.25, -0.2) is 4.39 Å². The van der Waals surface area contributed by atoms with Crippen LogP contribution in [0.1, 0.15) is 6.92 Å². The highest BCUT2D eigenvalue weighted by molar-refractivity contribution is 5.84. The van der Waals surface area contributed by atoms with Crippen molar-refractivity contribution in [3.8, 4) is 0 Å². The summed E-state index contributed by atoms with van der Waals surface area (Å²) in [6, 6.07) is 5.90. The van der Waals surface area contributed by atoms with Crippen molar-refractivity contribution in [3.05, 3.63) is 30.1 Å². The van der Waals surface area contributed by atoms with Crippen LogP contribution in [0, 0.1) is 5.82 Å². The van der Waals surface area contributed by atoms with E-state index in [0.717, 1.165) is 0 Å². The summed E-state index contributed by atoms with van der Waals surface area (Å²) < 4.78 is 18.6. The molecule has 0 radical (unpaired) electrons. The van der Waals surface area contributed by atoms with Gasteiger partial charge in [-0.3, -0.25) is 4.79 Å². The smallest absolute Gasteiger partial charge is 0.244 e. The number of nitrogens with zero attached hydrogens (tertiary/aromatic N) is 1. The summed E-state index contributed by atoms with van der Waals surface area (Å²) in [6.07, 6.45) is 0. The van der Waals surface area contributed by atoms with Crippen LogP contribution in [0.15, 0.2) is 24.3 Å². The SMILES string of the molecule is CC(Nc1ccccc1F)C(=O)N1CCOCC1. The molecule has 0 spiro atoms. The van der Waals surface area contributed by atoms with E-state index in [1.54, 1.807) is 30.0 Å². The summed E-state index contributed by atoms with van der Waals surface area (Å²) in [4.78, 5) is 13.8. The van der Waals surface area contributed by atoms with E-state index >= 15 is 0 Å². The standard InChI is InChI=1S/C13H17FN2O2/c1-10(13(17)16-6-8-18-9-7-16)15-12-5-3-2-4-11(12)14/h2-5,10,15H,6-9H2,1H3. The second-order valence-electron chi connectivity index (χ2n) is 4.28. The second kappa shape index (κ2) is 5.82. The minimum absolute atomic E-state index is 0.0263. The minimum atomic E-state index is -0.444. The number of halogens is 1. The number of carbonyl (C=O) groups excluding carboxylic acids is 1. The molecular formula is C13H17FN2O2. The van der Waals surface area contributed by atoms with Crippen molar-refractivity contribution >= 4 is 11.6 Å². The molecule has 98 valence electrons. The van der Waals surface area contributed by atoms with Crippen molar-refractivity contribution in [3.63, 3.8) is 0 Å². The van der Waals surface area contributed by atoms with Crippen molar-refractivity contribution in [2.24, 2.45) is 0 Å². The molecule has 1 aliphatic heterocycles. The maximum absolute atomic E-state index is 13.4. The van der Waals surface area contributed by atoms with E-state index in [9.17, 15) is 9.18 Å². The van der Waals surface area contributed by atoms with Crippen LogP contribution in [0.2, 0.25) is 0 Å². The Morgan fingerprint density at radius 1 is 1.39 bits per heavy atom. The summed E-state index contributed by atoms with van der Waals surface area (Å²) in [5, 5.41) is 2.90. The number of amides is 1. The number of para-hydroxylation sites is 1. The van der Waals surface area contributed by atoms with Crippen LogP contribution >= 0.6 is 0 Å². The van der Waals surface area contributed by atoms with Crippen molar-refractivity contribution in [2.45, 2.75) is 13.0 Å². The lowest BCUT2D eigenvalue weighted by Crippen LogP contribution is -2.47. The molecule has 1 heterocycles. The number of benzene rings is 1. The lowest BCUT2D eigenvalue weighted by atomic mass is 10.2. The normalized spacial score (nSPS) is 17.3. The number of hydrogen-bond donors (Lipinski definition) is 1. The molecule has 1 N–H and O–H groups in total. The average molecular weight is 252 g/mol. The average Bonchev–Trinajstić information content (AvgIpc) is 2.41. The lowest BCUT2D eigenvalue weighted by molar-refractivity contribution is -0.135. The van der Waals surface area contributed by atoms with Gasteiger partial charge in [0, 0.05) is 13.1 Å². The number of morpholine rings is 1. The van der Waals surface area contributed by atoms with E-state index in [1.165, 1.54) is 6.07 Å². The van der Waals surface area contributed by atoms with Gasteiger partial charge in [0.15, 0.2) is 0 Å². The Balaban J connectivity index is 1.96. The summed E-state index contributed by atoms with van der Waals surface area (Å²) in [5.74, 6) is -0.374. The largest absolute Gasteiger partial charge is 0.378 e. The first-order valence-electron chi connectivity index (χ1n) is 6.06. The third kappa shape index (κ3) is 2.98. The number of ether oxygens (including phenoxy) is 1. The van der Waals surface area contributed by atoms with Gasteiger partial charge >= 0.3 is 0 Å². The number of rotatable bonds is 3. The summed E-state index contributed by atoms with van der Waals surface area (Å²) in [5.41, 5.74) is 0.353. The fraction of sp³-hybridized carbons (Fsp3) is 0.462.